The molecule has 168 valence electrons. The van der Waals surface area contributed by atoms with Crippen LogP contribution >= 0.6 is 0 Å². The predicted molar refractivity (Wildman–Crippen MR) is 128 cm³/mol. The molecule has 0 aromatic heterocycles. The van der Waals surface area contributed by atoms with E-state index in [4.69, 9.17) is 4.74 Å². The molecule has 0 bridgehead atoms. The molecule has 1 amide bonds. The lowest BCUT2D eigenvalue weighted by Crippen LogP contribution is -2.48. The minimum atomic E-state index is -0.754. The number of benzene rings is 3. The molecule has 2 atom stereocenters. The molecule has 0 saturated heterocycles. The van der Waals surface area contributed by atoms with Gasteiger partial charge in [-0.3, -0.25) is 4.79 Å². The zero-order valence-corrected chi connectivity index (χ0v) is 19.0. The minimum Gasteiger partial charge on any atom is -0.497 e. The second kappa shape index (κ2) is 11.5. The van der Waals surface area contributed by atoms with Crippen LogP contribution in [0.25, 0.3) is 0 Å². The number of aryl methyl sites for hydroxylation is 2. The van der Waals surface area contributed by atoms with Gasteiger partial charge in [-0.05, 0) is 55.7 Å². The average molecular weight is 433 g/mol. The van der Waals surface area contributed by atoms with Crippen molar-refractivity contribution in [2.45, 2.75) is 39.0 Å². The van der Waals surface area contributed by atoms with Crippen LogP contribution in [0.4, 0.5) is 0 Å². The van der Waals surface area contributed by atoms with E-state index in [1.807, 2.05) is 86.6 Å². The van der Waals surface area contributed by atoms with E-state index in [1.165, 1.54) is 0 Å². The first-order valence-corrected chi connectivity index (χ1v) is 10.9. The van der Waals surface area contributed by atoms with E-state index in [-0.39, 0.29) is 5.91 Å². The van der Waals surface area contributed by atoms with Gasteiger partial charge in [0.1, 0.15) is 5.75 Å². The number of rotatable bonds is 10. The molecule has 0 aliphatic rings. The number of amides is 1. The van der Waals surface area contributed by atoms with Gasteiger partial charge in [-0.25, -0.2) is 0 Å². The maximum atomic E-state index is 13.0. The van der Waals surface area contributed by atoms with E-state index in [1.54, 1.807) is 7.11 Å². The SMILES string of the molecule is COc1cccc(CNC[C@H](O)[C@H](Cc2ccccc2)NC(=O)c2cc(C)cc(C)c2)c1. The van der Waals surface area contributed by atoms with E-state index < -0.39 is 12.1 Å². The molecule has 3 rings (SSSR count). The average Bonchev–Trinajstić information content (AvgIpc) is 2.78. The number of aliphatic hydroxyl groups is 1. The molecular weight excluding hydrogens is 400 g/mol. The lowest BCUT2D eigenvalue weighted by Gasteiger charge is -2.25. The molecule has 0 heterocycles. The molecule has 3 N–H and O–H groups in total. The summed E-state index contributed by atoms with van der Waals surface area (Å²) in [6.07, 6.45) is -0.213. The Balaban J connectivity index is 1.67. The molecule has 3 aromatic rings. The van der Waals surface area contributed by atoms with Gasteiger partial charge in [-0.1, -0.05) is 59.7 Å². The van der Waals surface area contributed by atoms with Crippen LogP contribution in [0, 0.1) is 13.8 Å². The Kier molecular flexibility index (Phi) is 8.42. The quantitative estimate of drug-likeness (QED) is 0.456. The third kappa shape index (κ3) is 6.94. The second-order valence-corrected chi connectivity index (χ2v) is 8.20. The van der Waals surface area contributed by atoms with Crippen LogP contribution in [0.2, 0.25) is 0 Å². The van der Waals surface area contributed by atoms with Crippen LogP contribution in [-0.2, 0) is 13.0 Å². The number of ether oxygens (including phenoxy) is 1. The van der Waals surface area contributed by atoms with Crippen LogP contribution in [0.1, 0.15) is 32.6 Å². The normalized spacial score (nSPS) is 12.8. The van der Waals surface area contributed by atoms with Gasteiger partial charge in [0, 0.05) is 18.7 Å². The summed E-state index contributed by atoms with van der Waals surface area (Å²) in [4.78, 5) is 13.0. The Morgan fingerprint density at radius 1 is 0.938 bits per heavy atom. The first-order chi connectivity index (χ1) is 15.4. The topological polar surface area (TPSA) is 70.6 Å². The van der Waals surface area contributed by atoms with E-state index >= 15 is 0 Å². The number of hydrogen-bond acceptors (Lipinski definition) is 4. The first kappa shape index (κ1) is 23.5. The first-order valence-electron chi connectivity index (χ1n) is 10.9. The van der Waals surface area contributed by atoms with Gasteiger partial charge in [0.05, 0.1) is 19.3 Å². The summed E-state index contributed by atoms with van der Waals surface area (Å²) in [5.41, 5.74) is 4.81. The molecule has 0 saturated carbocycles. The van der Waals surface area contributed by atoms with Crippen molar-refractivity contribution in [2.75, 3.05) is 13.7 Å². The van der Waals surface area contributed by atoms with E-state index in [0.717, 1.165) is 28.0 Å². The van der Waals surface area contributed by atoms with Crippen LogP contribution < -0.4 is 15.4 Å². The Bertz CT molecular complexity index is 1000. The van der Waals surface area contributed by atoms with Crippen molar-refractivity contribution in [1.82, 2.24) is 10.6 Å². The summed E-state index contributed by atoms with van der Waals surface area (Å²) >= 11 is 0. The summed E-state index contributed by atoms with van der Waals surface area (Å²) in [5.74, 6) is 0.622. The summed E-state index contributed by atoms with van der Waals surface area (Å²) in [5, 5.41) is 17.3. The van der Waals surface area contributed by atoms with Crippen molar-refractivity contribution in [2.24, 2.45) is 0 Å². The van der Waals surface area contributed by atoms with Gasteiger partial charge >= 0.3 is 0 Å². The Morgan fingerprint density at radius 3 is 2.31 bits per heavy atom. The molecule has 0 unspecified atom stereocenters. The number of aliphatic hydroxyl groups excluding tert-OH is 1. The minimum absolute atomic E-state index is 0.176. The molecule has 5 nitrogen and oxygen atoms in total. The summed E-state index contributed by atoms with van der Waals surface area (Å²) in [6.45, 7) is 4.89. The Hall–Kier alpha value is -3.15. The van der Waals surface area contributed by atoms with Crippen LogP contribution in [0.3, 0.4) is 0 Å². The standard InChI is InChI=1S/C27H32N2O3/c1-19-12-20(2)14-23(13-19)27(31)29-25(16-21-8-5-4-6-9-21)26(30)18-28-17-22-10-7-11-24(15-22)32-3/h4-15,25-26,28,30H,16-18H2,1-3H3,(H,29,31)/t25-,26-/m0/s1. The fourth-order valence-corrected chi connectivity index (χ4v) is 3.80. The van der Waals surface area contributed by atoms with E-state index in [0.29, 0.717) is 25.1 Å². The van der Waals surface area contributed by atoms with Crippen molar-refractivity contribution < 1.29 is 14.6 Å². The molecule has 0 fully saturated rings. The van der Waals surface area contributed by atoms with Crippen molar-refractivity contribution in [3.05, 3.63) is 101 Å². The molecule has 32 heavy (non-hydrogen) atoms. The molecule has 0 aliphatic heterocycles. The van der Waals surface area contributed by atoms with Gasteiger partial charge in [0.25, 0.3) is 5.91 Å². The van der Waals surface area contributed by atoms with Crippen molar-refractivity contribution in [1.29, 1.82) is 0 Å². The molecule has 3 aromatic carbocycles. The monoisotopic (exact) mass is 432 g/mol. The highest BCUT2D eigenvalue weighted by molar-refractivity contribution is 5.94. The highest BCUT2D eigenvalue weighted by Gasteiger charge is 2.22. The lowest BCUT2D eigenvalue weighted by atomic mass is 10.00. The third-order valence-corrected chi connectivity index (χ3v) is 5.38. The Morgan fingerprint density at radius 2 is 1.62 bits per heavy atom. The van der Waals surface area contributed by atoms with Crippen molar-refractivity contribution >= 4 is 5.91 Å². The summed E-state index contributed by atoms with van der Waals surface area (Å²) in [7, 11) is 1.64. The number of methoxy groups -OCH3 is 1. The smallest absolute Gasteiger partial charge is 0.251 e. The summed E-state index contributed by atoms with van der Waals surface area (Å²) < 4.78 is 5.26. The van der Waals surface area contributed by atoms with Gasteiger partial charge in [0.15, 0.2) is 0 Å². The molecule has 5 heteroatoms. The van der Waals surface area contributed by atoms with Gasteiger partial charge in [-0.2, -0.15) is 0 Å². The molecule has 0 spiro atoms. The molecule has 0 radical (unpaired) electrons. The molecule has 0 aliphatic carbocycles. The fraction of sp³-hybridized carbons (Fsp3) is 0.296. The van der Waals surface area contributed by atoms with Gasteiger partial charge in [0.2, 0.25) is 0 Å². The number of nitrogens with one attached hydrogen (secondary N) is 2. The predicted octanol–water partition coefficient (Wildman–Crippen LogP) is 3.80. The van der Waals surface area contributed by atoms with Crippen molar-refractivity contribution in [3.8, 4) is 5.75 Å². The fourth-order valence-electron chi connectivity index (χ4n) is 3.80. The van der Waals surface area contributed by atoms with Crippen LogP contribution in [0.5, 0.6) is 5.75 Å². The van der Waals surface area contributed by atoms with Gasteiger partial charge in [-0.15, -0.1) is 0 Å². The maximum Gasteiger partial charge on any atom is 0.251 e. The summed E-state index contributed by atoms with van der Waals surface area (Å²) in [6, 6.07) is 23.1. The van der Waals surface area contributed by atoms with Crippen molar-refractivity contribution in [3.63, 3.8) is 0 Å². The lowest BCUT2D eigenvalue weighted by molar-refractivity contribution is 0.0829. The molecular formula is C27H32N2O3. The Labute approximate surface area is 190 Å². The van der Waals surface area contributed by atoms with E-state index in [9.17, 15) is 9.90 Å². The largest absolute Gasteiger partial charge is 0.497 e. The number of carbonyl (C=O) groups is 1. The van der Waals surface area contributed by atoms with Crippen LogP contribution in [0.15, 0.2) is 72.8 Å². The zero-order valence-electron chi connectivity index (χ0n) is 19.0. The zero-order chi connectivity index (χ0) is 22.9. The van der Waals surface area contributed by atoms with E-state index in [2.05, 4.69) is 10.6 Å². The second-order valence-electron chi connectivity index (χ2n) is 8.20. The highest BCUT2D eigenvalue weighted by Crippen LogP contribution is 2.13. The van der Waals surface area contributed by atoms with Gasteiger partial charge < -0.3 is 20.5 Å². The number of hydrogen-bond donors (Lipinski definition) is 3. The maximum absolute atomic E-state index is 13.0. The highest BCUT2D eigenvalue weighted by atomic mass is 16.5. The third-order valence-electron chi connectivity index (χ3n) is 5.38. The van der Waals surface area contributed by atoms with Crippen LogP contribution in [-0.4, -0.2) is 36.8 Å². The number of carbonyl (C=O) groups excluding carboxylic acids is 1.